The third kappa shape index (κ3) is 3.85. The molecule has 2 rings (SSSR count). The Kier molecular flexibility index (Phi) is 5.19. The van der Waals surface area contributed by atoms with Crippen LogP contribution in [0.2, 0.25) is 0 Å². The highest BCUT2D eigenvalue weighted by molar-refractivity contribution is 5.91. The number of carbonyl (C=O) groups is 2. The van der Waals surface area contributed by atoms with Gasteiger partial charge in [0.15, 0.2) is 0 Å². The van der Waals surface area contributed by atoms with Crippen molar-refractivity contribution in [2.45, 2.75) is 45.3 Å². The number of allylic oxidation sites excluding steroid dienone is 1. The molecular weight excluding hydrogens is 284 g/mol. The fraction of sp³-hybridized carbons (Fsp3) is 0.529. The summed E-state index contributed by atoms with van der Waals surface area (Å²) >= 11 is 0. The Morgan fingerprint density at radius 1 is 1.55 bits per heavy atom. The van der Waals surface area contributed by atoms with Crippen LogP contribution in [0.4, 0.5) is 0 Å². The molecule has 1 heterocycles. The first-order valence-corrected chi connectivity index (χ1v) is 7.46. The standard InChI is InChI=1S/C17H22O5/c1-10-5-4-6-13(9-21-12(3)18)7-16-14(8-15(10)19)11(2)17(20)22-16/h5,7,14-16,19H,2,4,6,8-9H2,1,3H3/b10-5+,13-7-/t14-,15+,16-/m1/s1. The van der Waals surface area contributed by atoms with E-state index in [1.807, 2.05) is 19.1 Å². The summed E-state index contributed by atoms with van der Waals surface area (Å²) in [6, 6.07) is 0. The number of hydrogen-bond donors (Lipinski definition) is 1. The van der Waals surface area contributed by atoms with Gasteiger partial charge in [-0.05, 0) is 43.4 Å². The third-order valence-corrected chi connectivity index (χ3v) is 4.14. The number of carbonyl (C=O) groups excluding carboxylic acids is 2. The van der Waals surface area contributed by atoms with Crippen LogP contribution in [0.5, 0.6) is 0 Å². The van der Waals surface area contributed by atoms with Gasteiger partial charge in [-0.2, -0.15) is 0 Å². The van der Waals surface area contributed by atoms with Crippen LogP contribution < -0.4 is 0 Å². The van der Waals surface area contributed by atoms with Crippen molar-refractivity contribution < 1.29 is 24.2 Å². The normalized spacial score (nSPS) is 33.9. The molecule has 3 atom stereocenters. The predicted molar refractivity (Wildman–Crippen MR) is 80.8 cm³/mol. The van der Waals surface area contributed by atoms with Crippen molar-refractivity contribution >= 4 is 11.9 Å². The fourth-order valence-corrected chi connectivity index (χ4v) is 2.74. The number of aliphatic hydroxyl groups excluding tert-OH is 1. The van der Waals surface area contributed by atoms with Crippen LogP contribution in [0.1, 0.15) is 33.1 Å². The number of hydrogen-bond acceptors (Lipinski definition) is 5. The molecule has 0 radical (unpaired) electrons. The molecule has 22 heavy (non-hydrogen) atoms. The maximum atomic E-state index is 11.8. The minimum Gasteiger partial charge on any atom is -0.461 e. The second-order valence-electron chi connectivity index (χ2n) is 5.85. The minimum atomic E-state index is -0.609. The molecule has 0 spiro atoms. The summed E-state index contributed by atoms with van der Waals surface area (Å²) in [7, 11) is 0. The van der Waals surface area contributed by atoms with Gasteiger partial charge in [-0.15, -0.1) is 0 Å². The highest BCUT2D eigenvalue weighted by Crippen LogP contribution is 2.34. The topological polar surface area (TPSA) is 72.8 Å². The molecule has 1 saturated heterocycles. The Bertz CT molecular complexity index is 543. The first kappa shape index (κ1) is 16.5. The third-order valence-electron chi connectivity index (χ3n) is 4.14. The lowest BCUT2D eigenvalue weighted by Gasteiger charge is -2.21. The van der Waals surface area contributed by atoms with Gasteiger partial charge >= 0.3 is 11.9 Å². The predicted octanol–water partition coefficient (Wildman–Crippen LogP) is 2.06. The van der Waals surface area contributed by atoms with E-state index in [4.69, 9.17) is 9.47 Å². The van der Waals surface area contributed by atoms with Crippen molar-refractivity contribution in [3.05, 3.63) is 35.5 Å². The summed E-state index contributed by atoms with van der Waals surface area (Å²) in [6.45, 7) is 7.21. The van der Waals surface area contributed by atoms with Crippen molar-refractivity contribution in [2.75, 3.05) is 6.61 Å². The van der Waals surface area contributed by atoms with Crippen molar-refractivity contribution in [2.24, 2.45) is 5.92 Å². The maximum Gasteiger partial charge on any atom is 0.334 e. The lowest BCUT2D eigenvalue weighted by molar-refractivity contribution is -0.140. The van der Waals surface area contributed by atoms with Gasteiger partial charge in [-0.3, -0.25) is 4.79 Å². The van der Waals surface area contributed by atoms with Gasteiger partial charge in [0.25, 0.3) is 0 Å². The first-order valence-electron chi connectivity index (χ1n) is 7.46. The Hall–Kier alpha value is -1.88. The van der Waals surface area contributed by atoms with Crippen molar-refractivity contribution in [3.8, 4) is 0 Å². The monoisotopic (exact) mass is 306 g/mol. The molecule has 0 aromatic carbocycles. The Morgan fingerprint density at radius 3 is 2.95 bits per heavy atom. The lowest BCUT2D eigenvalue weighted by atomic mass is 9.86. The molecule has 1 aliphatic heterocycles. The van der Waals surface area contributed by atoms with Crippen molar-refractivity contribution in [1.82, 2.24) is 0 Å². The Morgan fingerprint density at radius 2 is 2.27 bits per heavy atom. The van der Waals surface area contributed by atoms with Crippen LogP contribution in [0, 0.1) is 5.92 Å². The summed E-state index contributed by atoms with van der Waals surface area (Å²) in [6.07, 6.45) is 4.58. The van der Waals surface area contributed by atoms with Crippen molar-refractivity contribution in [1.29, 1.82) is 0 Å². The van der Waals surface area contributed by atoms with Gasteiger partial charge in [-0.1, -0.05) is 12.7 Å². The van der Waals surface area contributed by atoms with Gasteiger partial charge in [0.2, 0.25) is 0 Å². The Balaban J connectivity index is 2.26. The van der Waals surface area contributed by atoms with Gasteiger partial charge in [0.05, 0.1) is 6.10 Å². The number of aliphatic hydroxyl groups is 1. The van der Waals surface area contributed by atoms with Gasteiger partial charge in [0.1, 0.15) is 12.7 Å². The first-order chi connectivity index (χ1) is 10.4. The zero-order valence-corrected chi connectivity index (χ0v) is 13.0. The van der Waals surface area contributed by atoms with E-state index >= 15 is 0 Å². The van der Waals surface area contributed by atoms with E-state index in [1.54, 1.807) is 0 Å². The minimum absolute atomic E-state index is 0.192. The number of rotatable bonds is 2. The molecule has 1 aliphatic carbocycles. The second kappa shape index (κ2) is 6.92. The zero-order chi connectivity index (χ0) is 16.3. The van der Waals surface area contributed by atoms with Gasteiger partial charge < -0.3 is 14.6 Å². The van der Waals surface area contributed by atoms with Gasteiger partial charge in [0, 0.05) is 18.4 Å². The van der Waals surface area contributed by atoms with Crippen LogP contribution >= 0.6 is 0 Å². The molecule has 0 aromatic rings. The van der Waals surface area contributed by atoms with E-state index in [2.05, 4.69) is 6.58 Å². The highest BCUT2D eigenvalue weighted by atomic mass is 16.6. The summed E-state index contributed by atoms with van der Waals surface area (Å²) in [5, 5.41) is 10.2. The number of fused-ring (bicyclic) bond motifs is 1. The maximum absolute atomic E-state index is 11.8. The number of esters is 2. The molecule has 0 saturated carbocycles. The van der Waals surface area contributed by atoms with E-state index in [0.717, 1.165) is 17.6 Å². The lowest BCUT2D eigenvalue weighted by Crippen LogP contribution is -2.23. The largest absolute Gasteiger partial charge is 0.461 e. The van der Waals surface area contributed by atoms with Crippen LogP contribution in [0.3, 0.4) is 0 Å². The molecule has 0 aromatic heterocycles. The molecule has 5 heteroatoms. The molecule has 2 aliphatic rings. The van der Waals surface area contributed by atoms with E-state index < -0.39 is 18.2 Å². The van der Waals surface area contributed by atoms with E-state index in [9.17, 15) is 14.7 Å². The average Bonchev–Trinajstić information content (AvgIpc) is 2.71. The molecule has 5 nitrogen and oxygen atoms in total. The molecular formula is C17H22O5. The molecule has 0 bridgehead atoms. The Labute approximate surface area is 130 Å². The SMILES string of the molecule is C=C1C(=O)O[C@@H]2/C=C(\COC(C)=O)CC/C=C(\C)[C@@H](O)C[C@H]12. The summed E-state index contributed by atoms with van der Waals surface area (Å²) in [4.78, 5) is 22.8. The van der Waals surface area contributed by atoms with Crippen LogP contribution in [-0.4, -0.2) is 35.9 Å². The highest BCUT2D eigenvalue weighted by Gasteiger charge is 2.39. The summed E-state index contributed by atoms with van der Waals surface area (Å²) < 4.78 is 10.4. The zero-order valence-electron chi connectivity index (χ0n) is 13.0. The van der Waals surface area contributed by atoms with Crippen LogP contribution in [0.15, 0.2) is 35.5 Å². The average molecular weight is 306 g/mol. The quantitative estimate of drug-likeness (QED) is 0.480. The molecule has 0 amide bonds. The van der Waals surface area contributed by atoms with Gasteiger partial charge in [-0.25, -0.2) is 4.79 Å². The molecule has 1 N–H and O–H groups in total. The van der Waals surface area contributed by atoms with Crippen LogP contribution in [-0.2, 0) is 19.1 Å². The summed E-state index contributed by atoms with van der Waals surface area (Å²) in [5.74, 6) is -1.02. The number of ether oxygens (including phenoxy) is 2. The van der Waals surface area contributed by atoms with Crippen molar-refractivity contribution in [3.63, 3.8) is 0 Å². The summed E-state index contributed by atoms with van der Waals surface area (Å²) in [5.41, 5.74) is 2.17. The molecule has 1 fully saturated rings. The van der Waals surface area contributed by atoms with E-state index in [-0.39, 0.29) is 18.5 Å². The molecule has 120 valence electrons. The second-order valence-corrected chi connectivity index (χ2v) is 5.85. The van der Waals surface area contributed by atoms with Crippen LogP contribution in [0.25, 0.3) is 0 Å². The van der Waals surface area contributed by atoms with E-state index in [1.165, 1.54) is 6.92 Å². The smallest absolute Gasteiger partial charge is 0.334 e. The molecule has 0 unspecified atom stereocenters. The fourth-order valence-electron chi connectivity index (χ4n) is 2.74. The van der Waals surface area contributed by atoms with E-state index in [0.29, 0.717) is 18.4 Å².